The maximum Gasteiger partial charge on any atom is 0.262 e. The molecule has 0 fully saturated rings. The van der Waals surface area contributed by atoms with Gasteiger partial charge in [0.05, 0.1) is 11.1 Å². The highest BCUT2D eigenvalue weighted by molar-refractivity contribution is 7.99. The topological polar surface area (TPSA) is 55.2 Å². The Morgan fingerprint density at radius 3 is 2.78 bits per heavy atom. The monoisotopic (exact) mass is 345 g/mol. The van der Waals surface area contributed by atoms with Crippen LogP contribution in [0.15, 0.2) is 51.7 Å². The van der Waals surface area contributed by atoms with Crippen LogP contribution in [0, 0.1) is 0 Å². The number of hydrogen-bond acceptors (Lipinski definition) is 5. The number of para-hydroxylation sites is 1. The van der Waals surface area contributed by atoms with E-state index in [0.29, 0.717) is 15.4 Å². The molecule has 23 heavy (non-hydrogen) atoms. The van der Waals surface area contributed by atoms with Gasteiger partial charge in [-0.05, 0) is 23.6 Å². The van der Waals surface area contributed by atoms with Crippen molar-refractivity contribution in [2.45, 2.75) is 5.16 Å². The summed E-state index contributed by atoms with van der Waals surface area (Å²) in [5, 5.41) is 3.02. The van der Waals surface area contributed by atoms with Crippen molar-refractivity contribution in [3.8, 4) is 0 Å². The van der Waals surface area contributed by atoms with Gasteiger partial charge in [0.2, 0.25) is 5.91 Å². The molecule has 0 aliphatic rings. The fourth-order valence-electron chi connectivity index (χ4n) is 2.13. The lowest BCUT2D eigenvalue weighted by atomic mass is 10.3. The second-order valence-corrected chi connectivity index (χ2v) is 6.81. The summed E-state index contributed by atoms with van der Waals surface area (Å²) in [5.41, 5.74) is 0.760. The number of nitrogens with zero attached hydrogens (tertiary/aromatic N) is 3. The van der Waals surface area contributed by atoms with Crippen LogP contribution in [0.5, 0.6) is 0 Å². The number of hydrogen-bond donors (Lipinski definition) is 0. The SMILES string of the molecule is CN(C(=O)CSc1nc2sccc2c(=O)n1C)c1ccccc1. The van der Waals surface area contributed by atoms with Gasteiger partial charge in [-0.25, -0.2) is 4.98 Å². The van der Waals surface area contributed by atoms with E-state index in [-0.39, 0.29) is 17.2 Å². The minimum absolute atomic E-state index is 0.0401. The first-order chi connectivity index (χ1) is 11.1. The molecule has 0 radical (unpaired) electrons. The summed E-state index contributed by atoms with van der Waals surface area (Å²) < 4.78 is 1.50. The minimum Gasteiger partial charge on any atom is -0.315 e. The molecule has 0 saturated carbocycles. The number of amides is 1. The largest absolute Gasteiger partial charge is 0.315 e. The Labute approximate surface area is 141 Å². The lowest BCUT2D eigenvalue weighted by Crippen LogP contribution is -2.28. The second kappa shape index (κ2) is 6.55. The molecule has 2 aromatic heterocycles. The van der Waals surface area contributed by atoms with E-state index in [1.807, 2.05) is 35.7 Å². The Hall–Kier alpha value is -2.12. The Morgan fingerprint density at radius 1 is 1.30 bits per heavy atom. The smallest absolute Gasteiger partial charge is 0.262 e. The first kappa shape index (κ1) is 15.8. The van der Waals surface area contributed by atoms with E-state index in [9.17, 15) is 9.59 Å². The molecular weight excluding hydrogens is 330 g/mol. The fraction of sp³-hybridized carbons (Fsp3) is 0.188. The predicted octanol–water partition coefficient (Wildman–Crippen LogP) is 2.75. The lowest BCUT2D eigenvalue weighted by molar-refractivity contribution is -0.115. The number of carbonyl (C=O) groups is 1. The van der Waals surface area contributed by atoms with E-state index >= 15 is 0 Å². The summed E-state index contributed by atoms with van der Waals surface area (Å²) in [6, 6.07) is 11.2. The summed E-state index contributed by atoms with van der Waals surface area (Å²) in [5.74, 6) is 0.185. The molecule has 3 rings (SSSR count). The Kier molecular flexibility index (Phi) is 4.49. The van der Waals surface area contributed by atoms with Gasteiger partial charge in [-0.3, -0.25) is 14.2 Å². The molecule has 0 aliphatic carbocycles. The van der Waals surface area contributed by atoms with Crippen molar-refractivity contribution < 1.29 is 4.79 Å². The van der Waals surface area contributed by atoms with Crippen molar-refractivity contribution >= 4 is 44.9 Å². The zero-order valence-electron chi connectivity index (χ0n) is 12.7. The number of benzene rings is 1. The van der Waals surface area contributed by atoms with Gasteiger partial charge in [-0.2, -0.15) is 0 Å². The quantitative estimate of drug-likeness (QED) is 0.539. The third-order valence-electron chi connectivity index (χ3n) is 3.51. The van der Waals surface area contributed by atoms with E-state index in [4.69, 9.17) is 0 Å². The molecular formula is C16H15N3O2S2. The lowest BCUT2D eigenvalue weighted by Gasteiger charge is -2.17. The van der Waals surface area contributed by atoms with Crippen LogP contribution in [-0.4, -0.2) is 28.3 Å². The molecule has 1 aromatic carbocycles. The third-order valence-corrected chi connectivity index (χ3v) is 5.33. The van der Waals surface area contributed by atoms with Crippen molar-refractivity contribution in [3.63, 3.8) is 0 Å². The van der Waals surface area contributed by atoms with Crippen molar-refractivity contribution in [3.05, 3.63) is 52.1 Å². The van der Waals surface area contributed by atoms with Crippen LogP contribution >= 0.6 is 23.1 Å². The normalized spacial score (nSPS) is 10.9. The summed E-state index contributed by atoms with van der Waals surface area (Å²) in [7, 11) is 3.42. The summed E-state index contributed by atoms with van der Waals surface area (Å²) in [6.45, 7) is 0. The standard InChI is InChI=1S/C16H15N3O2S2/c1-18(11-6-4-3-5-7-11)13(20)10-23-16-17-14-12(8-9-22-14)15(21)19(16)2/h3-9H,10H2,1-2H3. The molecule has 0 spiro atoms. The number of carbonyl (C=O) groups excluding carboxylic acids is 1. The van der Waals surface area contributed by atoms with E-state index in [2.05, 4.69) is 4.98 Å². The Bertz CT molecular complexity index is 903. The van der Waals surface area contributed by atoms with Gasteiger partial charge in [0, 0.05) is 19.8 Å². The highest BCUT2D eigenvalue weighted by Crippen LogP contribution is 2.21. The first-order valence-electron chi connectivity index (χ1n) is 6.96. The summed E-state index contributed by atoms with van der Waals surface area (Å²) in [6.07, 6.45) is 0. The van der Waals surface area contributed by atoms with Crippen molar-refractivity contribution in [2.24, 2.45) is 7.05 Å². The average molecular weight is 345 g/mol. The van der Waals surface area contributed by atoms with Gasteiger partial charge < -0.3 is 4.90 Å². The van der Waals surface area contributed by atoms with Gasteiger partial charge in [-0.1, -0.05) is 30.0 Å². The molecule has 2 heterocycles. The van der Waals surface area contributed by atoms with Crippen molar-refractivity contribution in [2.75, 3.05) is 17.7 Å². The van der Waals surface area contributed by atoms with Crippen LogP contribution in [0.1, 0.15) is 0 Å². The van der Waals surface area contributed by atoms with Crippen molar-refractivity contribution in [1.29, 1.82) is 0 Å². The number of thiophene rings is 1. The molecule has 0 bridgehead atoms. The Morgan fingerprint density at radius 2 is 2.04 bits per heavy atom. The summed E-state index contributed by atoms with van der Waals surface area (Å²) >= 11 is 2.71. The molecule has 5 nitrogen and oxygen atoms in total. The first-order valence-corrected chi connectivity index (χ1v) is 8.83. The van der Waals surface area contributed by atoms with Crippen LogP contribution in [-0.2, 0) is 11.8 Å². The van der Waals surface area contributed by atoms with Crippen LogP contribution in [0.4, 0.5) is 5.69 Å². The number of thioether (sulfide) groups is 1. The molecule has 0 N–H and O–H groups in total. The molecule has 0 unspecified atom stereocenters. The summed E-state index contributed by atoms with van der Waals surface area (Å²) in [4.78, 5) is 31.3. The molecule has 1 amide bonds. The van der Waals surface area contributed by atoms with Gasteiger partial charge >= 0.3 is 0 Å². The van der Waals surface area contributed by atoms with Gasteiger partial charge in [0.1, 0.15) is 4.83 Å². The maximum atomic E-state index is 12.3. The fourth-order valence-corrected chi connectivity index (χ4v) is 3.82. The average Bonchev–Trinajstić information content (AvgIpc) is 3.05. The number of aromatic nitrogens is 2. The van der Waals surface area contributed by atoms with Gasteiger partial charge in [0.25, 0.3) is 5.56 Å². The zero-order chi connectivity index (χ0) is 16.4. The van der Waals surface area contributed by atoms with Gasteiger partial charge in [0.15, 0.2) is 5.16 Å². The Balaban J connectivity index is 1.77. The highest BCUT2D eigenvalue weighted by atomic mass is 32.2. The van der Waals surface area contributed by atoms with E-state index in [0.717, 1.165) is 5.69 Å². The zero-order valence-corrected chi connectivity index (χ0v) is 14.4. The number of rotatable bonds is 4. The molecule has 118 valence electrons. The van der Waals surface area contributed by atoms with E-state index in [1.54, 1.807) is 25.1 Å². The van der Waals surface area contributed by atoms with Crippen LogP contribution in [0.3, 0.4) is 0 Å². The predicted molar refractivity (Wildman–Crippen MR) is 95.4 cm³/mol. The van der Waals surface area contributed by atoms with E-state index < -0.39 is 0 Å². The van der Waals surface area contributed by atoms with E-state index in [1.165, 1.54) is 27.7 Å². The van der Waals surface area contributed by atoms with Crippen molar-refractivity contribution in [1.82, 2.24) is 9.55 Å². The molecule has 0 aliphatic heterocycles. The third kappa shape index (κ3) is 3.16. The highest BCUT2D eigenvalue weighted by Gasteiger charge is 2.14. The minimum atomic E-state index is -0.0809. The number of anilines is 1. The second-order valence-electron chi connectivity index (χ2n) is 4.97. The van der Waals surface area contributed by atoms with Crippen LogP contribution in [0.25, 0.3) is 10.2 Å². The molecule has 0 atom stereocenters. The number of fused-ring (bicyclic) bond motifs is 1. The molecule has 7 heteroatoms. The van der Waals surface area contributed by atoms with Crippen LogP contribution < -0.4 is 10.5 Å². The maximum absolute atomic E-state index is 12.3. The van der Waals surface area contributed by atoms with Gasteiger partial charge in [-0.15, -0.1) is 11.3 Å². The molecule has 0 saturated heterocycles. The van der Waals surface area contributed by atoms with Crippen LogP contribution in [0.2, 0.25) is 0 Å². The molecule has 3 aromatic rings.